The topological polar surface area (TPSA) is 73.6 Å². The molecule has 0 saturated carbocycles. The van der Waals surface area contributed by atoms with Crippen molar-refractivity contribution < 1.29 is 14.3 Å². The molecule has 0 aliphatic carbocycles. The van der Waals surface area contributed by atoms with Crippen molar-refractivity contribution in [2.75, 3.05) is 32.2 Å². The molecule has 0 atom stereocenters. The second kappa shape index (κ2) is 7.78. The lowest BCUT2D eigenvalue weighted by atomic mass is 10.2. The van der Waals surface area contributed by atoms with Crippen molar-refractivity contribution in [3.05, 3.63) is 29.8 Å². The summed E-state index contributed by atoms with van der Waals surface area (Å²) in [5, 5.41) is 2.69. The molecule has 0 unspecified atom stereocenters. The van der Waals surface area contributed by atoms with E-state index in [-0.39, 0.29) is 12.5 Å². The maximum atomic E-state index is 11.1. The van der Waals surface area contributed by atoms with Crippen LogP contribution in [0.25, 0.3) is 0 Å². The van der Waals surface area contributed by atoms with Gasteiger partial charge in [-0.1, -0.05) is 12.1 Å². The number of hydrogen-bond acceptors (Lipinski definition) is 4. The average molecular weight is 238 g/mol. The maximum absolute atomic E-state index is 11.1. The molecule has 0 heterocycles. The van der Waals surface area contributed by atoms with Gasteiger partial charge in [-0.2, -0.15) is 0 Å². The molecule has 0 radical (unpaired) electrons. The van der Waals surface area contributed by atoms with Gasteiger partial charge in [0.1, 0.15) is 0 Å². The van der Waals surface area contributed by atoms with Crippen LogP contribution in [0.3, 0.4) is 0 Å². The van der Waals surface area contributed by atoms with Crippen LogP contribution >= 0.6 is 0 Å². The molecule has 1 aromatic carbocycles. The number of anilines is 1. The largest absolute Gasteiger partial charge is 0.382 e. The quantitative estimate of drug-likeness (QED) is 0.687. The summed E-state index contributed by atoms with van der Waals surface area (Å²) in [5.74, 6) is -0.206. The fraction of sp³-hybridized carbons (Fsp3) is 0.417. The fourth-order valence-corrected chi connectivity index (χ4v) is 1.28. The first kappa shape index (κ1) is 13.6. The lowest BCUT2D eigenvalue weighted by Gasteiger charge is -2.07. The Kier molecular flexibility index (Phi) is 6.24. The second-order valence-corrected chi connectivity index (χ2v) is 3.50. The Bertz CT molecular complexity index is 355. The zero-order valence-corrected chi connectivity index (χ0v) is 9.94. The standard InChI is InChI=1S/C12H18N2O3/c1-16-5-6-17-9-10-3-2-4-11(7-10)14-12(15)8-13/h2-4,7H,5-6,8-9,13H2,1H3,(H,14,15). The van der Waals surface area contributed by atoms with Crippen LogP contribution in [0.15, 0.2) is 24.3 Å². The molecule has 3 N–H and O–H groups in total. The first-order valence-corrected chi connectivity index (χ1v) is 5.42. The molecule has 1 aromatic rings. The smallest absolute Gasteiger partial charge is 0.238 e. The lowest BCUT2D eigenvalue weighted by molar-refractivity contribution is -0.114. The van der Waals surface area contributed by atoms with Crippen LogP contribution in [0.5, 0.6) is 0 Å². The van der Waals surface area contributed by atoms with E-state index in [1.807, 2.05) is 24.3 Å². The Balaban J connectivity index is 2.45. The summed E-state index contributed by atoms with van der Waals surface area (Å²) in [7, 11) is 1.63. The van der Waals surface area contributed by atoms with E-state index >= 15 is 0 Å². The Morgan fingerprint density at radius 1 is 1.41 bits per heavy atom. The molecule has 5 heteroatoms. The number of carbonyl (C=O) groups is 1. The molecule has 0 fully saturated rings. The summed E-state index contributed by atoms with van der Waals surface area (Å²) in [4.78, 5) is 11.1. The zero-order chi connectivity index (χ0) is 12.5. The summed E-state index contributed by atoms with van der Waals surface area (Å²) in [5.41, 5.74) is 6.95. The monoisotopic (exact) mass is 238 g/mol. The van der Waals surface area contributed by atoms with Crippen molar-refractivity contribution in [3.8, 4) is 0 Å². The summed E-state index contributed by atoms with van der Waals surface area (Å²) in [6, 6.07) is 7.47. The molecule has 0 spiro atoms. The van der Waals surface area contributed by atoms with Gasteiger partial charge >= 0.3 is 0 Å². The molecule has 17 heavy (non-hydrogen) atoms. The van der Waals surface area contributed by atoms with E-state index in [4.69, 9.17) is 15.2 Å². The Morgan fingerprint density at radius 3 is 2.94 bits per heavy atom. The second-order valence-electron chi connectivity index (χ2n) is 3.50. The van der Waals surface area contributed by atoms with Crippen LogP contribution in [0.1, 0.15) is 5.56 Å². The molecule has 0 aliphatic heterocycles. The van der Waals surface area contributed by atoms with Crippen molar-refractivity contribution in [2.45, 2.75) is 6.61 Å². The average Bonchev–Trinajstić information content (AvgIpc) is 2.35. The van der Waals surface area contributed by atoms with Crippen LogP contribution in [-0.4, -0.2) is 32.8 Å². The predicted octanol–water partition coefficient (Wildman–Crippen LogP) is 0.747. The SMILES string of the molecule is COCCOCc1cccc(NC(=O)CN)c1. The van der Waals surface area contributed by atoms with Gasteiger partial charge in [-0.15, -0.1) is 0 Å². The number of amides is 1. The highest BCUT2D eigenvalue weighted by atomic mass is 16.5. The van der Waals surface area contributed by atoms with Gasteiger partial charge < -0.3 is 20.5 Å². The highest BCUT2D eigenvalue weighted by Crippen LogP contribution is 2.11. The highest BCUT2D eigenvalue weighted by Gasteiger charge is 2.00. The summed E-state index contributed by atoms with van der Waals surface area (Å²) >= 11 is 0. The van der Waals surface area contributed by atoms with Crippen molar-refractivity contribution in [1.82, 2.24) is 0 Å². The van der Waals surface area contributed by atoms with E-state index in [1.54, 1.807) is 7.11 Å². The lowest BCUT2D eigenvalue weighted by Crippen LogP contribution is -2.21. The van der Waals surface area contributed by atoms with Crippen LogP contribution in [0, 0.1) is 0 Å². The zero-order valence-electron chi connectivity index (χ0n) is 9.94. The number of carbonyl (C=O) groups excluding carboxylic acids is 1. The van der Waals surface area contributed by atoms with Crippen LogP contribution < -0.4 is 11.1 Å². The molecule has 0 aromatic heterocycles. The van der Waals surface area contributed by atoms with Crippen LogP contribution in [0.2, 0.25) is 0 Å². The van der Waals surface area contributed by atoms with Gasteiger partial charge in [0, 0.05) is 12.8 Å². The van der Waals surface area contributed by atoms with Gasteiger partial charge in [0.2, 0.25) is 5.91 Å². The number of methoxy groups -OCH3 is 1. The van der Waals surface area contributed by atoms with Crippen molar-refractivity contribution in [3.63, 3.8) is 0 Å². The summed E-state index contributed by atoms with van der Waals surface area (Å²) in [6.07, 6.45) is 0. The van der Waals surface area contributed by atoms with Crippen molar-refractivity contribution in [2.24, 2.45) is 5.73 Å². The molecule has 1 rings (SSSR count). The van der Waals surface area contributed by atoms with Crippen molar-refractivity contribution in [1.29, 1.82) is 0 Å². The van der Waals surface area contributed by atoms with E-state index in [2.05, 4.69) is 5.32 Å². The van der Waals surface area contributed by atoms with Gasteiger partial charge in [0.15, 0.2) is 0 Å². The minimum absolute atomic E-state index is 0.0193. The van der Waals surface area contributed by atoms with Gasteiger partial charge in [-0.25, -0.2) is 0 Å². The van der Waals surface area contributed by atoms with Gasteiger partial charge in [-0.05, 0) is 17.7 Å². The summed E-state index contributed by atoms with van der Waals surface area (Å²) in [6.45, 7) is 1.60. The molecule has 5 nitrogen and oxygen atoms in total. The Hall–Kier alpha value is -1.43. The molecule has 94 valence electrons. The molecule has 0 saturated heterocycles. The third-order valence-corrected chi connectivity index (χ3v) is 2.10. The fourth-order valence-electron chi connectivity index (χ4n) is 1.28. The van der Waals surface area contributed by atoms with Gasteiger partial charge in [-0.3, -0.25) is 4.79 Å². The number of rotatable bonds is 7. The minimum atomic E-state index is -0.206. The van der Waals surface area contributed by atoms with Crippen LogP contribution in [0.4, 0.5) is 5.69 Å². The summed E-state index contributed by atoms with van der Waals surface area (Å²) < 4.78 is 10.3. The Labute approximate surface area is 101 Å². The molecular formula is C12H18N2O3. The maximum Gasteiger partial charge on any atom is 0.238 e. The predicted molar refractivity (Wildman–Crippen MR) is 65.7 cm³/mol. The number of nitrogens with one attached hydrogen (secondary N) is 1. The number of hydrogen-bond donors (Lipinski definition) is 2. The first-order chi connectivity index (χ1) is 8.26. The van der Waals surface area contributed by atoms with E-state index in [0.29, 0.717) is 19.8 Å². The number of nitrogens with two attached hydrogens (primary N) is 1. The number of ether oxygens (including phenoxy) is 2. The third-order valence-electron chi connectivity index (χ3n) is 2.10. The highest BCUT2D eigenvalue weighted by molar-refractivity contribution is 5.92. The van der Waals surface area contributed by atoms with Crippen LogP contribution in [-0.2, 0) is 20.9 Å². The molecule has 0 aliphatic rings. The van der Waals surface area contributed by atoms with Gasteiger partial charge in [0.25, 0.3) is 0 Å². The molecule has 0 bridgehead atoms. The third kappa shape index (κ3) is 5.44. The van der Waals surface area contributed by atoms with Crippen molar-refractivity contribution >= 4 is 11.6 Å². The normalized spacial score (nSPS) is 10.2. The first-order valence-electron chi connectivity index (χ1n) is 5.42. The van der Waals surface area contributed by atoms with E-state index in [0.717, 1.165) is 11.3 Å². The minimum Gasteiger partial charge on any atom is -0.382 e. The molecule has 1 amide bonds. The molecular weight excluding hydrogens is 220 g/mol. The number of benzene rings is 1. The Morgan fingerprint density at radius 2 is 2.24 bits per heavy atom. The van der Waals surface area contributed by atoms with Gasteiger partial charge in [0.05, 0.1) is 26.4 Å². The van der Waals surface area contributed by atoms with E-state index in [9.17, 15) is 4.79 Å². The van der Waals surface area contributed by atoms with E-state index in [1.165, 1.54) is 0 Å². The van der Waals surface area contributed by atoms with E-state index < -0.39 is 0 Å².